The van der Waals surface area contributed by atoms with Gasteiger partial charge in [0.2, 0.25) is 5.91 Å². The van der Waals surface area contributed by atoms with Crippen LogP contribution in [0.3, 0.4) is 0 Å². The third-order valence-electron chi connectivity index (χ3n) is 5.01. The lowest BCUT2D eigenvalue weighted by atomic mass is 9.78. The van der Waals surface area contributed by atoms with Gasteiger partial charge in [-0.1, -0.05) is 6.07 Å². The zero-order chi connectivity index (χ0) is 18.0. The van der Waals surface area contributed by atoms with E-state index in [0.717, 1.165) is 0 Å². The SMILES string of the molecule is COc1cccc(NC(=O)N2CCC3(CC2)NC(=O)C[C@@H]3C(=O)O)c1. The van der Waals surface area contributed by atoms with Gasteiger partial charge in [0, 0.05) is 31.3 Å². The van der Waals surface area contributed by atoms with Crippen LogP contribution in [-0.4, -0.2) is 53.7 Å². The Hall–Kier alpha value is -2.77. The number of piperidine rings is 1. The maximum Gasteiger partial charge on any atom is 0.321 e. The molecule has 8 nitrogen and oxygen atoms in total. The molecule has 2 aliphatic heterocycles. The monoisotopic (exact) mass is 347 g/mol. The Morgan fingerprint density at radius 1 is 1.36 bits per heavy atom. The first-order valence-electron chi connectivity index (χ1n) is 8.17. The van der Waals surface area contributed by atoms with Crippen molar-refractivity contribution in [3.63, 3.8) is 0 Å². The number of carboxylic acids is 1. The van der Waals surface area contributed by atoms with Crippen LogP contribution in [0.1, 0.15) is 19.3 Å². The van der Waals surface area contributed by atoms with Gasteiger partial charge in [0.05, 0.1) is 18.6 Å². The largest absolute Gasteiger partial charge is 0.497 e. The maximum atomic E-state index is 12.4. The summed E-state index contributed by atoms with van der Waals surface area (Å²) in [5.74, 6) is -1.29. The molecule has 2 fully saturated rings. The number of anilines is 1. The molecule has 2 aliphatic rings. The topological polar surface area (TPSA) is 108 Å². The van der Waals surface area contributed by atoms with E-state index in [0.29, 0.717) is 37.4 Å². The molecule has 0 bridgehead atoms. The number of carboxylic acid groups (broad SMARTS) is 1. The normalized spacial score (nSPS) is 21.7. The lowest BCUT2D eigenvalue weighted by molar-refractivity contribution is -0.144. The first-order chi connectivity index (χ1) is 11.9. The minimum Gasteiger partial charge on any atom is -0.497 e. The highest BCUT2D eigenvalue weighted by Crippen LogP contribution is 2.37. The number of hydrogen-bond acceptors (Lipinski definition) is 4. The van der Waals surface area contributed by atoms with Gasteiger partial charge >= 0.3 is 12.0 Å². The van der Waals surface area contributed by atoms with Crippen molar-refractivity contribution in [2.75, 3.05) is 25.5 Å². The van der Waals surface area contributed by atoms with Crippen molar-refractivity contribution in [1.29, 1.82) is 0 Å². The van der Waals surface area contributed by atoms with E-state index < -0.39 is 17.4 Å². The van der Waals surface area contributed by atoms with Gasteiger partial charge in [-0.05, 0) is 25.0 Å². The van der Waals surface area contributed by atoms with E-state index in [4.69, 9.17) is 4.74 Å². The highest BCUT2D eigenvalue weighted by atomic mass is 16.5. The molecule has 1 atom stereocenters. The molecule has 134 valence electrons. The smallest absolute Gasteiger partial charge is 0.321 e. The Kier molecular flexibility index (Phi) is 4.52. The highest BCUT2D eigenvalue weighted by molar-refractivity contribution is 5.90. The number of carbonyl (C=O) groups is 3. The van der Waals surface area contributed by atoms with Crippen LogP contribution >= 0.6 is 0 Å². The zero-order valence-electron chi connectivity index (χ0n) is 13.9. The van der Waals surface area contributed by atoms with Crippen LogP contribution in [0.25, 0.3) is 0 Å². The summed E-state index contributed by atoms with van der Waals surface area (Å²) >= 11 is 0. The maximum absolute atomic E-state index is 12.4. The van der Waals surface area contributed by atoms with Crippen LogP contribution in [-0.2, 0) is 9.59 Å². The summed E-state index contributed by atoms with van der Waals surface area (Å²) in [5, 5.41) is 15.0. The average Bonchev–Trinajstić information content (AvgIpc) is 2.91. The molecule has 1 spiro atoms. The molecule has 0 saturated carbocycles. The summed E-state index contributed by atoms with van der Waals surface area (Å²) in [6.07, 6.45) is 0.869. The van der Waals surface area contributed by atoms with Gasteiger partial charge < -0.3 is 25.4 Å². The van der Waals surface area contributed by atoms with Gasteiger partial charge in [-0.2, -0.15) is 0 Å². The van der Waals surface area contributed by atoms with Crippen molar-refractivity contribution in [2.45, 2.75) is 24.8 Å². The molecule has 3 rings (SSSR count). The van der Waals surface area contributed by atoms with E-state index in [1.165, 1.54) is 0 Å². The standard InChI is InChI=1S/C17H21N3O5/c1-25-12-4-2-3-11(9-12)18-16(24)20-7-5-17(6-8-20)13(15(22)23)10-14(21)19-17/h2-4,9,13H,5-8,10H2,1H3,(H,18,24)(H,19,21)(H,22,23)/t13-/m1/s1. The number of benzene rings is 1. The van der Waals surface area contributed by atoms with Gasteiger partial charge in [0.1, 0.15) is 5.75 Å². The second-order valence-electron chi connectivity index (χ2n) is 6.45. The Bertz CT molecular complexity index is 697. The molecule has 3 amide bonds. The highest BCUT2D eigenvalue weighted by Gasteiger charge is 2.52. The summed E-state index contributed by atoms with van der Waals surface area (Å²) in [5.41, 5.74) is -0.113. The quantitative estimate of drug-likeness (QED) is 0.763. The third kappa shape index (κ3) is 3.38. The first-order valence-corrected chi connectivity index (χ1v) is 8.17. The minimum absolute atomic E-state index is 0.00530. The van der Waals surface area contributed by atoms with Crippen molar-refractivity contribution in [2.24, 2.45) is 5.92 Å². The average molecular weight is 347 g/mol. The van der Waals surface area contributed by atoms with Crippen molar-refractivity contribution in [1.82, 2.24) is 10.2 Å². The summed E-state index contributed by atoms with van der Waals surface area (Å²) in [6.45, 7) is 0.778. The van der Waals surface area contributed by atoms with Crippen molar-refractivity contribution < 1.29 is 24.2 Å². The molecular formula is C17H21N3O5. The summed E-state index contributed by atoms with van der Waals surface area (Å²) in [7, 11) is 1.56. The molecule has 2 heterocycles. The van der Waals surface area contributed by atoms with Gasteiger partial charge in [-0.25, -0.2) is 4.79 Å². The van der Waals surface area contributed by atoms with E-state index in [1.807, 2.05) is 0 Å². The molecule has 2 saturated heterocycles. The van der Waals surface area contributed by atoms with E-state index >= 15 is 0 Å². The number of urea groups is 1. The van der Waals surface area contributed by atoms with Crippen LogP contribution in [0, 0.1) is 5.92 Å². The van der Waals surface area contributed by atoms with Crippen molar-refractivity contribution in [3.05, 3.63) is 24.3 Å². The molecular weight excluding hydrogens is 326 g/mol. The zero-order valence-corrected chi connectivity index (χ0v) is 13.9. The molecule has 0 aromatic heterocycles. The number of likely N-dealkylation sites (tertiary alicyclic amines) is 1. The predicted octanol–water partition coefficient (Wildman–Crippen LogP) is 1.28. The number of hydrogen-bond donors (Lipinski definition) is 3. The van der Waals surface area contributed by atoms with Gasteiger partial charge in [-0.3, -0.25) is 9.59 Å². The Labute approximate surface area is 145 Å². The Morgan fingerprint density at radius 2 is 2.08 bits per heavy atom. The van der Waals surface area contributed by atoms with Crippen molar-refractivity contribution >= 4 is 23.6 Å². The summed E-state index contributed by atoms with van der Waals surface area (Å²) in [4.78, 5) is 37.2. The van der Waals surface area contributed by atoms with E-state index in [9.17, 15) is 19.5 Å². The third-order valence-corrected chi connectivity index (χ3v) is 5.01. The number of ether oxygens (including phenoxy) is 1. The Morgan fingerprint density at radius 3 is 2.72 bits per heavy atom. The molecule has 0 unspecified atom stereocenters. The second kappa shape index (κ2) is 6.62. The van der Waals surface area contributed by atoms with Crippen LogP contribution in [0.5, 0.6) is 5.75 Å². The van der Waals surface area contributed by atoms with E-state index in [2.05, 4.69) is 10.6 Å². The number of carbonyl (C=O) groups excluding carboxylic acids is 2. The molecule has 1 aromatic carbocycles. The Balaban J connectivity index is 1.62. The molecule has 8 heteroatoms. The number of nitrogens with zero attached hydrogens (tertiary/aromatic N) is 1. The fourth-order valence-corrected chi connectivity index (χ4v) is 3.61. The number of amides is 3. The first kappa shape index (κ1) is 17.1. The van der Waals surface area contributed by atoms with Gasteiger partial charge in [-0.15, -0.1) is 0 Å². The fraction of sp³-hybridized carbons (Fsp3) is 0.471. The molecule has 0 radical (unpaired) electrons. The number of methoxy groups -OCH3 is 1. The van der Waals surface area contributed by atoms with Crippen molar-refractivity contribution in [3.8, 4) is 5.75 Å². The number of aliphatic carboxylic acids is 1. The summed E-state index contributed by atoms with van der Waals surface area (Å²) in [6, 6.07) is 6.81. The number of rotatable bonds is 3. The molecule has 0 aliphatic carbocycles. The van der Waals surface area contributed by atoms with Crippen LogP contribution in [0.2, 0.25) is 0 Å². The second-order valence-corrected chi connectivity index (χ2v) is 6.45. The number of nitrogens with one attached hydrogen (secondary N) is 2. The lowest BCUT2D eigenvalue weighted by Crippen LogP contribution is -2.57. The van der Waals surface area contributed by atoms with Crippen LogP contribution in [0.4, 0.5) is 10.5 Å². The molecule has 25 heavy (non-hydrogen) atoms. The predicted molar refractivity (Wildman–Crippen MR) is 89.4 cm³/mol. The van der Waals surface area contributed by atoms with Crippen LogP contribution < -0.4 is 15.4 Å². The molecule has 3 N–H and O–H groups in total. The fourth-order valence-electron chi connectivity index (χ4n) is 3.61. The van der Waals surface area contributed by atoms with Gasteiger partial charge in [0.25, 0.3) is 0 Å². The van der Waals surface area contributed by atoms with E-state index in [-0.39, 0.29) is 18.4 Å². The summed E-state index contributed by atoms with van der Waals surface area (Å²) < 4.78 is 5.13. The van der Waals surface area contributed by atoms with Crippen LogP contribution in [0.15, 0.2) is 24.3 Å². The lowest BCUT2D eigenvalue weighted by Gasteiger charge is -2.41. The molecule has 1 aromatic rings. The van der Waals surface area contributed by atoms with E-state index in [1.54, 1.807) is 36.3 Å². The van der Waals surface area contributed by atoms with Gasteiger partial charge in [0.15, 0.2) is 0 Å². The minimum atomic E-state index is -0.965.